The number of nitrogens with zero attached hydrogens (tertiary/aromatic N) is 1. The molecule has 0 spiro atoms. The van der Waals surface area contributed by atoms with E-state index in [1.165, 1.54) is 6.07 Å². The van der Waals surface area contributed by atoms with Gasteiger partial charge < -0.3 is 9.84 Å². The highest BCUT2D eigenvalue weighted by molar-refractivity contribution is 5.89. The topological polar surface area (TPSA) is 89.7 Å². The van der Waals surface area contributed by atoms with Gasteiger partial charge in [-0.1, -0.05) is 66.7 Å². The van der Waals surface area contributed by atoms with Gasteiger partial charge in [0.2, 0.25) is 5.75 Å². The molecule has 0 aromatic heterocycles. The molecule has 6 heteroatoms. The van der Waals surface area contributed by atoms with E-state index >= 15 is 0 Å². The maximum atomic E-state index is 12.0. The predicted molar refractivity (Wildman–Crippen MR) is 127 cm³/mol. The molecule has 0 amide bonds. The lowest BCUT2D eigenvalue weighted by Gasteiger charge is -2.19. The molecule has 6 nitrogen and oxygen atoms in total. The molecule has 0 aliphatic rings. The quantitative estimate of drug-likeness (QED) is 0.247. The molecule has 0 aliphatic heterocycles. The summed E-state index contributed by atoms with van der Waals surface area (Å²) >= 11 is 0. The zero-order valence-corrected chi connectivity index (χ0v) is 18.1. The summed E-state index contributed by atoms with van der Waals surface area (Å²) in [5.41, 5.74) is 2.63. The molecule has 0 fully saturated rings. The van der Waals surface area contributed by atoms with Gasteiger partial charge in [-0.25, -0.2) is 0 Å². The molecule has 0 bridgehead atoms. The van der Waals surface area contributed by atoms with E-state index in [2.05, 4.69) is 0 Å². The van der Waals surface area contributed by atoms with E-state index in [-0.39, 0.29) is 24.3 Å². The number of rotatable bonds is 8. The van der Waals surface area contributed by atoms with Crippen molar-refractivity contribution >= 4 is 22.4 Å². The van der Waals surface area contributed by atoms with Crippen LogP contribution in [-0.4, -0.2) is 16.0 Å². The Morgan fingerprint density at radius 3 is 2.36 bits per heavy atom. The smallest absolute Gasteiger partial charge is 0.311 e. The summed E-state index contributed by atoms with van der Waals surface area (Å²) in [6.07, 6.45) is -0.353. The number of ether oxygens (including phenoxy) is 1. The van der Waals surface area contributed by atoms with Gasteiger partial charge in [0.25, 0.3) is 0 Å². The Balaban J connectivity index is 1.87. The van der Waals surface area contributed by atoms with Gasteiger partial charge in [-0.05, 0) is 52.9 Å². The molecule has 0 radical (unpaired) electrons. The second-order valence-corrected chi connectivity index (χ2v) is 7.88. The lowest BCUT2D eigenvalue weighted by molar-refractivity contribution is -0.386. The molecule has 4 rings (SSSR count). The minimum Gasteiger partial charge on any atom is -0.481 e. The Hall–Kier alpha value is -4.19. The third-order valence-electron chi connectivity index (χ3n) is 5.58. The summed E-state index contributed by atoms with van der Waals surface area (Å²) in [6.45, 7) is 1.85. The van der Waals surface area contributed by atoms with Crippen molar-refractivity contribution in [2.45, 2.75) is 25.9 Å². The van der Waals surface area contributed by atoms with Crippen LogP contribution in [0.4, 0.5) is 5.69 Å². The van der Waals surface area contributed by atoms with Gasteiger partial charge >= 0.3 is 11.7 Å². The number of nitro groups is 1. The molecular formula is C27H23NO5. The number of fused-ring (bicyclic) bond motifs is 1. The third-order valence-corrected chi connectivity index (χ3v) is 5.58. The van der Waals surface area contributed by atoms with Gasteiger partial charge in [-0.15, -0.1) is 0 Å². The van der Waals surface area contributed by atoms with Crippen molar-refractivity contribution in [1.82, 2.24) is 0 Å². The SMILES string of the molecule is CC(Oc1c(-c2ccc3ccccc3c2)cc(CCC(=O)O)cc1[N+](=O)[O-])c1ccccc1. The van der Waals surface area contributed by atoms with Gasteiger partial charge in [0.1, 0.15) is 6.10 Å². The van der Waals surface area contributed by atoms with Crippen LogP contribution in [0.1, 0.15) is 30.6 Å². The summed E-state index contributed by atoms with van der Waals surface area (Å²) < 4.78 is 6.21. The largest absolute Gasteiger partial charge is 0.481 e. The average molecular weight is 441 g/mol. The zero-order valence-electron chi connectivity index (χ0n) is 18.1. The van der Waals surface area contributed by atoms with Crippen LogP contribution in [0.2, 0.25) is 0 Å². The van der Waals surface area contributed by atoms with Crippen LogP contribution in [-0.2, 0) is 11.2 Å². The second-order valence-electron chi connectivity index (χ2n) is 7.88. The zero-order chi connectivity index (χ0) is 23.4. The van der Waals surface area contributed by atoms with Crippen molar-refractivity contribution in [3.05, 3.63) is 106 Å². The first-order valence-electron chi connectivity index (χ1n) is 10.7. The molecule has 33 heavy (non-hydrogen) atoms. The first kappa shape index (κ1) is 22.0. The minimum absolute atomic E-state index is 0.116. The van der Waals surface area contributed by atoms with E-state index in [4.69, 9.17) is 9.84 Å². The number of hydrogen-bond donors (Lipinski definition) is 1. The first-order chi connectivity index (χ1) is 15.9. The number of carboxylic acids is 1. The molecule has 0 aliphatic carbocycles. The van der Waals surface area contributed by atoms with E-state index < -0.39 is 17.0 Å². The summed E-state index contributed by atoms with van der Waals surface area (Å²) in [4.78, 5) is 22.7. The normalized spacial score (nSPS) is 11.8. The molecule has 0 saturated heterocycles. The predicted octanol–water partition coefficient (Wildman–Crippen LogP) is 6.57. The number of carboxylic acid groups (broad SMARTS) is 1. The molecular weight excluding hydrogens is 418 g/mol. The van der Waals surface area contributed by atoms with Gasteiger partial charge in [0.15, 0.2) is 0 Å². The first-order valence-corrected chi connectivity index (χ1v) is 10.7. The molecule has 4 aromatic rings. The van der Waals surface area contributed by atoms with Crippen molar-refractivity contribution in [1.29, 1.82) is 0 Å². The van der Waals surface area contributed by atoms with Crippen LogP contribution in [0, 0.1) is 10.1 Å². The Morgan fingerprint density at radius 1 is 0.970 bits per heavy atom. The van der Waals surface area contributed by atoms with Crippen LogP contribution in [0.3, 0.4) is 0 Å². The molecule has 4 aromatic carbocycles. The van der Waals surface area contributed by atoms with Crippen molar-refractivity contribution in [3.8, 4) is 16.9 Å². The maximum Gasteiger partial charge on any atom is 0.311 e. The number of nitro benzene ring substituents is 1. The number of aliphatic carboxylic acids is 1. The summed E-state index contributed by atoms with van der Waals surface area (Å²) in [7, 11) is 0. The van der Waals surface area contributed by atoms with E-state index in [1.807, 2.05) is 79.7 Å². The number of benzene rings is 4. The van der Waals surface area contributed by atoms with Crippen LogP contribution in [0.15, 0.2) is 84.9 Å². The van der Waals surface area contributed by atoms with Crippen molar-refractivity contribution in [3.63, 3.8) is 0 Å². The molecule has 1 atom stereocenters. The Morgan fingerprint density at radius 2 is 1.67 bits per heavy atom. The van der Waals surface area contributed by atoms with Crippen LogP contribution in [0.5, 0.6) is 5.75 Å². The third kappa shape index (κ3) is 5.01. The summed E-state index contributed by atoms with van der Waals surface area (Å²) in [6, 6.07) is 26.4. The Labute approximate surface area is 191 Å². The molecule has 1 unspecified atom stereocenters. The van der Waals surface area contributed by atoms with Crippen molar-refractivity contribution in [2.75, 3.05) is 0 Å². The fraction of sp³-hybridized carbons (Fsp3) is 0.148. The van der Waals surface area contributed by atoms with Gasteiger partial charge in [0, 0.05) is 18.1 Å². The second kappa shape index (κ2) is 9.53. The minimum atomic E-state index is -0.956. The number of carbonyl (C=O) groups is 1. The van der Waals surface area contributed by atoms with Gasteiger partial charge in [-0.3, -0.25) is 14.9 Å². The monoisotopic (exact) mass is 441 g/mol. The lowest BCUT2D eigenvalue weighted by Crippen LogP contribution is -2.07. The van der Waals surface area contributed by atoms with Crippen LogP contribution in [0.25, 0.3) is 21.9 Å². The van der Waals surface area contributed by atoms with E-state index in [0.29, 0.717) is 11.1 Å². The molecule has 0 heterocycles. The lowest BCUT2D eigenvalue weighted by atomic mass is 9.96. The van der Waals surface area contributed by atoms with Crippen molar-refractivity contribution < 1.29 is 19.6 Å². The number of aryl methyl sites for hydroxylation is 1. The summed E-state index contributed by atoms with van der Waals surface area (Å²) in [5, 5.41) is 23.2. The standard InChI is InChI=1S/C27H23NO5/c1-18(20-7-3-2-4-8-20)33-27-24(23-13-12-21-9-5-6-10-22(21)17-23)15-19(11-14-26(29)30)16-25(27)28(31)32/h2-10,12-13,15-18H,11,14H2,1H3,(H,29,30). The fourth-order valence-electron chi connectivity index (χ4n) is 3.87. The maximum absolute atomic E-state index is 12.0. The van der Waals surface area contributed by atoms with Gasteiger partial charge in [0.05, 0.1) is 4.92 Å². The molecule has 1 N–H and O–H groups in total. The van der Waals surface area contributed by atoms with Crippen molar-refractivity contribution in [2.24, 2.45) is 0 Å². The molecule has 0 saturated carbocycles. The summed E-state index contributed by atoms with van der Waals surface area (Å²) in [5.74, 6) is -0.784. The fourth-order valence-corrected chi connectivity index (χ4v) is 3.87. The van der Waals surface area contributed by atoms with Crippen LogP contribution < -0.4 is 4.74 Å². The van der Waals surface area contributed by atoms with E-state index in [1.54, 1.807) is 6.07 Å². The highest BCUT2D eigenvalue weighted by Crippen LogP contribution is 2.42. The van der Waals surface area contributed by atoms with Crippen LogP contribution >= 0.6 is 0 Å². The average Bonchev–Trinajstić information content (AvgIpc) is 2.83. The Bertz CT molecular complexity index is 1320. The highest BCUT2D eigenvalue weighted by atomic mass is 16.6. The molecule has 166 valence electrons. The van der Waals surface area contributed by atoms with E-state index in [0.717, 1.165) is 21.9 Å². The number of hydrogen-bond acceptors (Lipinski definition) is 4. The Kier molecular flexibility index (Phi) is 6.36. The highest BCUT2D eigenvalue weighted by Gasteiger charge is 2.25. The van der Waals surface area contributed by atoms with E-state index in [9.17, 15) is 14.9 Å². The van der Waals surface area contributed by atoms with Gasteiger partial charge in [-0.2, -0.15) is 0 Å².